The molecule has 22 heavy (non-hydrogen) atoms. The van der Waals surface area contributed by atoms with Gasteiger partial charge in [0, 0.05) is 26.6 Å². The largest absolute Gasteiger partial charge is 0.493 e. The molecule has 0 atom stereocenters. The molecule has 0 aromatic heterocycles. The molecule has 0 aliphatic carbocycles. The van der Waals surface area contributed by atoms with Crippen molar-refractivity contribution in [2.75, 3.05) is 33.6 Å². The summed E-state index contributed by atoms with van der Waals surface area (Å²) in [7, 11) is -0.330. The minimum Gasteiger partial charge on any atom is -0.493 e. The topological polar surface area (TPSA) is 84.9 Å². The van der Waals surface area contributed by atoms with Gasteiger partial charge in [-0.05, 0) is 17.7 Å². The summed E-state index contributed by atoms with van der Waals surface area (Å²) in [5.74, 6) is 0.922. The maximum absolute atomic E-state index is 11.8. The molecule has 0 spiro atoms. The molecule has 0 saturated heterocycles. The maximum Gasteiger partial charge on any atom is 0.216 e. The van der Waals surface area contributed by atoms with Crippen molar-refractivity contribution in [2.45, 2.75) is 13.5 Å². The first-order chi connectivity index (χ1) is 10.3. The van der Waals surface area contributed by atoms with Crippen LogP contribution in [0.4, 0.5) is 0 Å². The van der Waals surface area contributed by atoms with Crippen LogP contribution in [0.5, 0.6) is 11.5 Å². The number of nitrogens with one attached hydrogen (secondary N) is 1. The normalized spacial score (nSPS) is 11.3. The Morgan fingerprint density at radius 2 is 1.86 bits per heavy atom. The predicted molar refractivity (Wildman–Crippen MR) is 83.5 cm³/mol. The van der Waals surface area contributed by atoms with E-state index in [9.17, 15) is 13.2 Å². The number of sulfonamides is 1. The van der Waals surface area contributed by atoms with Crippen molar-refractivity contribution in [2.24, 2.45) is 0 Å². The van der Waals surface area contributed by atoms with E-state index in [1.165, 1.54) is 25.4 Å². The Morgan fingerprint density at radius 3 is 2.36 bits per heavy atom. The summed E-state index contributed by atoms with van der Waals surface area (Å²) in [5, 5.41) is 2.58. The molecule has 8 heteroatoms. The van der Waals surface area contributed by atoms with E-state index >= 15 is 0 Å². The highest BCUT2D eigenvalue weighted by molar-refractivity contribution is 7.88. The number of hydrogen-bond donors (Lipinski definition) is 1. The Bertz CT molecular complexity index is 616. The van der Waals surface area contributed by atoms with Gasteiger partial charge in [-0.2, -0.15) is 4.31 Å². The van der Waals surface area contributed by atoms with Gasteiger partial charge in [0.15, 0.2) is 11.5 Å². The van der Waals surface area contributed by atoms with Crippen molar-refractivity contribution in [3.8, 4) is 11.5 Å². The summed E-state index contributed by atoms with van der Waals surface area (Å²) in [4.78, 5) is 10.9. The van der Waals surface area contributed by atoms with Gasteiger partial charge in [-0.1, -0.05) is 6.07 Å². The first kappa shape index (κ1) is 18.2. The fourth-order valence-corrected chi connectivity index (χ4v) is 2.71. The molecule has 1 aromatic rings. The van der Waals surface area contributed by atoms with E-state index in [1.54, 1.807) is 18.2 Å². The maximum atomic E-state index is 11.8. The van der Waals surface area contributed by atoms with Crippen molar-refractivity contribution < 1.29 is 22.7 Å². The lowest BCUT2D eigenvalue weighted by Gasteiger charge is -2.20. The van der Waals surface area contributed by atoms with Crippen LogP contribution in [0.25, 0.3) is 0 Å². The number of nitrogens with zero attached hydrogens (tertiary/aromatic N) is 1. The Balaban J connectivity index is 2.87. The standard InChI is InChI=1S/C14H22N2O5S/c1-11(17)15-7-8-16(22(4,18)19)10-12-5-6-13(20-2)14(9-12)21-3/h5-6,9H,7-8,10H2,1-4H3,(H,15,17). The summed E-state index contributed by atoms with van der Waals surface area (Å²) in [6.07, 6.45) is 1.14. The summed E-state index contributed by atoms with van der Waals surface area (Å²) < 4.78 is 35.3. The van der Waals surface area contributed by atoms with Crippen molar-refractivity contribution in [1.29, 1.82) is 0 Å². The Kier molecular flexibility index (Phi) is 6.63. The third-order valence-corrected chi connectivity index (χ3v) is 4.26. The lowest BCUT2D eigenvalue weighted by atomic mass is 10.2. The molecule has 0 saturated carbocycles. The third kappa shape index (κ3) is 5.53. The van der Waals surface area contributed by atoms with Crippen LogP contribution in [0.2, 0.25) is 0 Å². The molecule has 0 bridgehead atoms. The van der Waals surface area contributed by atoms with Crippen LogP contribution in [0.3, 0.4) is 0 Å². The average molecular weight is 330 g/mol. The SMILES string of the molecule is COc1ccc(CN(CCNC(C)=O)S(C)(=O)=O)cc1OC. The quantitative estimate of drug-likeness (QED) is 0.754. The van der Waals surface area contributed by atoms with Crippen molar-refractivity contribution >= 4 is 15.9 Å². The minimum absolute atomic E-state index is 0.193. The first-order valence-corrected chi connectivity index (χ1v) is 8.53. The van der Waals surface area contributed by atoms with Gasteiger partial charge < -0.3 is 14.8 Å². The van der Waals surface area contributed by atoms with E-state index in [2.05, 4.69) is 5.32 Å². The smallest absolute Gasteiger partial charge is 0.216 e. The monoisotopic (exact) mass is 330 g/mol. The number of rotatable bonds is 8. The zero-order chi connectivity index (χ0) is 16.8. The molecule has 1 rings (SSSR count). The van der Waals surface area contributed by atoms with Crippen LogP contribution in [0.15, 0.2) is 18.2 Å². The molecule has 0 fully saturated rings. The number of hydrogen-bond acceptors (Lipinski definition) is 5. The van der Waals surface area contributed by atoms with Gasteiger partial charge >= 0.3 is 0 Å². The Morgan fingerprint density at radius 1 is 1.23 bits per heavy atom. The van der Waals surface area contributed by atoms with Gasteiger partial charge in [0.1, 0.15) is 0 Å². The van der Waals surface area contributed by atoms with E-state index in [0.29, 0.717) is 11.5 Å². The summed E-state index contributed by atoms with van der Waals surface area (Å²) in [5.41, 5.74) is 0.769. The molecule has 0 aliphatic rings. The van der Waals surface area contributed by atoms with Crippen LogP contribution >= 0.6 is 0 Å². The fraction of sp³-hybridized carbons (Fsp3) is 0.500. The van der Waals surface area contributed by atoms with E-state index in [1.807, 2.05) is 0 Å². The zero-order valence-corrected chi connectivity index (χ0v) is 14.1. The Labute approximate surface area is 131 Å². The number of methoxy groups -OCH3 is 2. The predicted octanol–water partition coefficient (Wildman–Crippen LogP) is 0.602. The molecule has 0 heterocycles. The van der Waals surface area contributed by atoms with E-state index in [4.69, 9.17) is 9.47 Å². The molecular weight excluding hydrogens is 308 g/mol. The van der Waals surface area contributed by atoms with Crippen LogP contribution in [0.1, 0.15) is 12.5 Å². The second-order valence-electron chi connectivity index (χ2n) is 4.77. The zero-order valence-electron chi connectivity index (χ0n) is 13.3. The highest BCUT2D eigenvalue weighted by Crippen LogP contribution is 2.28. The van der Waals surface area contributed by atoms with E-state index in [0.717, 1.165) is 11.8 Å². The summed E-state index contributed by atoms with van der Waals surface area (Å²) in [6, 6.07) is 5.23. The molecule has 1 amide bonds. The van der Waals surface area contributed by atoms with E-state index in [-0.39, 0.29) is 25.5 Å². The molecule has 1 aromatic carbocycles. The summed E-state index contributed by atoms with van der Waals surface area (Å²) >= 11 is 0. The molecule has 0 radical (unpaired) electrons. The van der Waals surface area contributed by atoms with Gasteiger partial charge in [-0.3, -0.25) is 4.79 Å². The molecular formula is C14H22N2O5S. The highest BCUT2D eigenvalue weighted by atomic mass is 32.2. The number of benzene rings is 1. The third-order valence-electron chi connectivity index (χ3n) is 3.01. The Hall–Kier alpha value is -1.80. The van der Waals surface area contributed by atoms with Gasteiger partial charge in [0.25, 0.3) is 0 Å². The summed E-state index contributed by atoms with van der Waals surface area (Å²) in [6.45, 7) is 2.04. The minimum atomic E-state index is -3.39. The van der Waals surface area contributed by atoms with Crippen LogP contribution < -0.4 is 14.8 Å². The van der Waals surface area contributed by atoms with Gasteiger partial charge in [-0.25, -0.2) is 8.42 Å². The lowest BCUT2D eigenvalue weighted by molar-refractivity contribution is -0.118. The molecule has 124 valence electrons. The molecule has 7 nitrogen and oxygen atoms in total. The molecule has 0 aliphatic heterocycles. The molecule has 1 N–H and O–H groups in total. The van der Waals surface area contributed by atoms with Crippen molar-refractivity contribution in [3.63, 3.8) is 0 Å². The second kappa shape index (κ2) is 8.00. The van der Waals surface area contributed by atoms with Crippen LogP contribution in [0, 0.1) is 0 Å². The van der Waals surface area contributed by atoms with Gasteiger partial charge in [0.2, 0.25) is 15.9 Å². The number of carbonyl (C=O) groups excluding carboxylic acids is 1. The lowest BCUT2D eigenvalue weighted by Crippen LogP contribution is -2.37. The molecule has 0 unspecified atom stereocenters. The van der Waals surface area contributed by atoms with Gasteiger partial charge in [-0.15, -0.1) is 0 Å². The van der Waals surface area contributed by atoms with Gasteiger partial charge in [0.05, 0.1) is 20.5 Å². The van der Waals surface area contributed by atoms with Crippen LogP contribution in [-0.2, 0) is 21.4 Å². The van der Waals surface area contributed by atoms with E-state index < -0.39 is 10.0 Å². The van der Waals surface area contributed by atoms with Crippen molar-refractivity contribution in [1.82, 2.24) is 9.62 Å². The second-order valence-corrected chi connectivity index (χ2v) is 6.75. The first-order valence-electron chi connectivity index (χ1n) is 6.68. The number of ether oxygens (including phenoxy) is 2. The average Bonchev–Trinajstić information content (AvgIpc) is 2.44. The van der Waals surface area contributed by atoms with Crippen LogP contribution in [-0.4, -0.2) is 52.2 Å². The number of amides is 1. The number of carbonyl (C=O) groups is 1. The van der Waals surface area contributed by atoms with Crippen molar-refractivity contribution in [3.05, 3.63) is 23.8 Å². The fourth-order valence-electron chi connectivity index (χ4n) is 1.90. The highest BCUT2D eigenvalue weighted by Gasteiger charge is 2.17.